The van der Waals surface area contributed by atoms with E-state index < -0.39 is 0 Å². The Morgan fingerprint density at radius 1 is 0.554 bits per heavy atom. The molecule has 7 aliphatic rings. The maximum atomic E-state index is 13.4. The molecule has 0 saturated carbocycles. The van der Waals surface area contributed by atoms with E-state index >= 15 is 0 Å². The van der Waals surface area contributed by atoms with Gasteiger partial charge in [0.15, 0.2) is 17.5 Å². The molecule has 18 nitrogen and oxygen atoms in total. The number of aromatic nitrogens is 10. The minimum atomic E-state index is -0.217. The topological polar surface area (TPSA) is 157 Å². The zero-order valence-corrected chi connectivity index (χ0v) is 57.8. The van der Waals surface area contributed by atoms with Crippen molar-refractivity contribution < 1.29 is 4.39 Å². The highest BCUT2D eigenvalue weighted by molar-refractivity contribution is 5.76. The van der Waals surface area contributed by atoms with Crippen LogP contribution in [0.2, 0.25) is 0 Å². The van der Waals surface area contributed by atoms with Crippen LogP contribution in [0.15, 0.2) is 195 Å². The van der Waals surface area contributed by atoms with Crippen molar-refractivity contribution in [3.05, 3.63) is 229 Å². The summed E-state index contributed by atoms with van der Waals surface area (Å²) in [6.07, 6.45) is 20.8. The van der Waals surface area contributed by atoms with Crippen molar-refractivity contribution in [2.45, 2.75) is 52.4 Å². The monoisotopic (exact) mass is 1340 g/mol. The van der Waals surface area contributed by atoms with Crippen LogP contribution in [0.4, 0.5) is 21.6 Å². The number of rotatable bonds is 10. The highest BCUT2D eigenvalue weighted by Crippen LogP contribution is 2.43. The lowest BCUT2D eigenvalue weighted by Gasteiger charge is -2.46. The summed E-state index contributed by atoms with van der Waals surface area (Å²) in [5.41, 5.74) is 21.3. The highest BCUT2D eigenvalue weighted by atomic mass is 19.1. The molecule has 0 aliphatic carbocycles. The molecule has 3 atom stereocenters. The number of likely N-dealkylation sites (tertiary alicyclic amines) is 1. The Morgan fingerprint density at radius 3 is 1.56 bits per heavy atom. The molecule has 0 unspecified atom stereocenters. The zero-order chi connectivity index (χ0) is 68.6. The molecule has 7 aliphatic heterocycles. The molecule has 12 aromatic rings. The molecule has 1 spiro atoms. The lowest BCUT2D eigenvalue weighted by molar-refractivity contribution is 0.0424. The van der Waals surface area contributed by atoms with Gasteiger partial charge in [0.1, 0.15) is 11.6 Å². The van der Waals surface area contributed by atoms with E-state index in [1.54, 1.807) is 0 Å². The number of hydrogen-bond acceptors (Lipinski definition) is 12. The summed E-state index contributed by atoms with van der Waals surface area (Å²) in [6.45, 7) is 17.8. The molecule has 101 heavy (non-hydrogen) atoms. The number of nitrogens with one attached hydrogen (secondary N) is 1. The fraction of sp³-hybridized carbons (Fsp3) is 0.293. The van der Waals surface area contributed by atoms with Gasteiger partial charge in [0.2, 0.25) is 0 Å². The molecule has 19 rings (SSSR count). The molecule has 5 aromatic carbocycles. The first kappa shape index (κ1) is 63.4. The minimum absolute atomic E-state index is 0.217. The second kappa shape index (κ2) is 25.9. The summed E-state index contributed by atoms with van der Waals surface area (Å²) in [6, 6.07) is 51.8. The Balaban J connectivity index is 0.000000113. The van der Waals surface area contributed by atoms with Crippen LogP contribution in [-0.4, -0.2) is 150 Å². The van der Waals surface area contributed by atoms with Crippen molar-refractivity contribution in [3.63, 3.8) is 0 Å². The van der Waals surface area contributed by atoms with Crippen LogP contribution in [-0.2, 0) is 19.6 Å². The maximum Gasteiger partial charge on any atom is 0.161 e. The number of likely N-dealkylation sites (N-methyl/N-ethyl adjacent to an activating group) is 1. The average molecular weight is 1340 g/mol. The fourth-order valence-electron chi connectivity index (χ4n) is 16.8. The Labute approximate surface area is 588 Å². The number of nitriles is 2. The average Bonchev–Trinajstić information content (AvgIpc) is 1.62. The second-order valence-corrected chi connectivity index (χ2v) is 28.9. The normalized spacial score (nSPS) is 18.0. The van der Waals surface area contributed by atoms with E-state index in [4.69, 9.17) is 20.5 Å². The maximum absolute atomic E-state index is 13.4. The molecule has 1 N–H and O–H groups in total. The number of fused-ring (bicyclic) bond motifs is 15. The van der Waals surface area contributed by atoms with E-state index in [1.165, 1.54) is 71.9 Å². The van der Waals surface area contributed by atoms with Gasteiger partial charge in [-0.1, -0.05) is 50.2 Å². The van der Waals surface area contributed by atoms with Gasteiger partial charge in [-0.2, -0.15) is 10.5 Å². The van der Waals surface area contributed by atoms with Crippen molar-refractivity contribution in [2.75, 3.05) is 101 Å². The Morgan fingerprint density at radius 2 is 1.06 bits per heavy atom. The van der Waals surface area contributed by atoms with Crippen molar-refractivity contribution in [1.29, 1.82) is 10.5 Å². The first-order chi connectivity index (χ1) is 49.3. The summed E-state index contributed by atoms with van der Waals surface area (Å²) in [5, 5.41) is 21.7. The van der Waals surface area contributed by atoms with Crippen molar-refractivity contribution in [2.24, 2.45) is 17.3 Å². The third-order valence-corrected chi connectivity index (χ3v) is 21.9. The summed E-state index contributed by atoms with van der Waals surface area (Å²) in [5.74, 6) is 4.94. The summed E-state index contributed by atoms with van der Waals surface area (Å²) >= 11 is 0. The van der Waals surface area contributed by atoms with Gasteiger partial charge in [0.05, 0.1) is 69.6 Å². The second-order valence-electron chi connectivity index (χ2n) is 28.9. The summed E-state index contributed by atoms with van der Waals surface area (Å²) in [7, 11) is 6.54. The molecule has 0 bridgehead atoms. The van der Waals surface area contributed by atoms with Crippen LogP contribution in [0.25, 0.3) is 85.0 Å². The first-order valence-corrected chi connectivity index (χ1v) is 35.4. The number of nitrogens with zero attached hydrogens (tertiary/aromatic N) is 17. The van der Waals surface area contributed by atoms with E-state index in [9.17, 15) is 4.39 Å². The lowest BCUT2D eigenvalue weighted by Crippen LogP contribution is -2.55. The van der Waals surface area contributed by atoms with Crippen molar-refractivity contribution >= 4 is 17.2 Å². The van der Waals surface area contributed by atoms with Gasteiger partial charge in [0.25, 0.3) is 0 Å². The zero-order valence-electron chi connectivity index (χ0n) is 57.8. The molecular weight excluding hydrogens is 1260 g/mol. The summed E-state index contributed by atoms with van der Waals surface area (Å²) < 4.78 is 26.8. The lowest BCUT2D eigenvalue weighted by atomic mass is 9.79. The number of pyridine rings is 1. The standard InChI is InChI=1S/C28H26N6.C27H28FN5.C27H27N7/c1-31-17-28(18-31)8-10-32(19-28)24-6-7-25-23(12-24)16-33-15-22(21-4-2-20(14-29)3-5-21)13-26(33)27-30-9-11-34(25)27;1-2-29-15-19-9-11-31(16-19)24-7-8-25-22(13-24)18-32-17-21(20-3-5-23(28)6-4-20)14-26(32)27-30-10-12-33(25)27;1-18-14-33(17-25(18)31(2)3)26-9-8-23-22(30-26)16-32-15-21(20-6-4-19(13-28)5-7-20)12-24(32)27-29-10-11-34(23)27/h2-7,9,11-13,15H,8,10,16-19H2,1H3;3-8,10,12-14,17,19,29H,2,9,11,15-16,18H2,1H3;4-12,15,18,25H,14,16-17H2,1-3H3/t;19-;18-,25-/m.01/s1. The molecule has 7 aromatic heterocycles. The SMILES string of the molecule is CCNC[C@@H]1CCN(c2ccc3c(c2)Cn2cc(-c4ccc(F)cc4)cc2-c2nccn2-3)C1.CN1CC2(CCN(c3ccc4c(c3)Cn3cc(-c5ccc(C#N)cc5)cc3-c3nccn3-4)C2)C1.C[C@@H]1CN(c2ccc3c(n2)Cn2cc(-c4ccc(C#N)cc4)cc2-c2nccn2-3)C[C@H]1N(C)C. The van der Waals surface area contributed by atoms with Gasteiger partial charge in [-0.3, -0.25) is 13.7 Å². The largest absolute Gasteiger partial charge is 0.371 e. The van der Waals surface area contributed by atoms with Gasteiger partial charge in [-0.25, -0.2) is 24.3 Å². The van der Waals surface area contributed by atoms with Gasteiger partial charge in [-0.05, 0) is 190 Å². The number of benzene rings is 5. The van der Waals surface area contributed by atoms with E-state index in [0.29, 0.717) is 41.0 Å². The van der Waals surface area contributed by atoms with Crippen LogP contribution in [0.3, 0.4) is 0 Å². The van der Waals surface area contributed by atoms with Crippen LogP contribution in [0.5, 0.6) is 0 Å². The minimum Gasteiger partial charge on any atom is -0.371 e. The number of halogens is 1. The van der Waals surface area contributed by atoms with Crippen LogP contribution in [0.1, 0.15) is 54.6 Å². The fourth-order valence-corrected chi connectivity index (χ4v) is 16.8. The third kappa shape index (κ3) is 11.9. The van der Waals surface area contributed by atoms with Crippen molar-refractivity contribution in [1.82, 2.24) is 62.5 Å². The number of hydrogen-bond donors (Lipinski definition) is 1. The van der Waals surface area contributed by atoms with Gasteiger partial charge in [0, 0.05) is 161 Å². The van der Waals surface area contributed by atoms with E-state index in [2.05, 4.69) is 206 Å². The molecule has 14 heterocycles. The molecule has 19 heteroatoms. The molecule has 0 amide bonds. The third-order valence-electron chi connectivity index (χ3n) is 21.9. The van der Waals surface area contributed by atoms with Gasteiger partial charge < -0.3 is 43.5 Å². The Kier molecular flexibility index (Phi) is 16.2. The van der Waals surface area contributed by atoms with Gasteiger partial charge in [-0.15, -0.1) is 0 Å². The molecule has 506 valence electrons. The first-order valence-electron chi connectivity index (χ1n) is 35.4. The Hall–Kier alpha value is -11.1. The quantitative estimate of drug-likeness (QED) is 0.138. The van der Waals surface area contributed by atoms with Crippen LogP contribution >= 0.6 is 0 Å². The predicted molar refractivity (Wildman–Crippen MR) is 396 cm³/mol. The van der Waals surface area contributed by atoms with E-state index in [-0.39, 0.29) is 5.82 Å². The molecule has 0 radical (unpaired) electrons. The Bertz CT molecular complexity index is 5150. The number of anilines is 3. The van der Waals surface area contributed by atoms with E-state index in [1.807, 2.05) is 91.6 Å². The van der Waals surface area contributed by atoms with Crippen molar-refractivity contribution in [3.8, 4) is 97.1 Å². The molecule has 4 fully saturated rings. The summed E-state index contributed by atoms with van der Waals surface area (Å²) in [4.78, 5) is 31.5. The smallest absolute Gasteiger partial charge is 0.161 e. The van der Waals surface area contributed by atoms with E-state index in [0.717, 1.165) is 151 Å². The highest BCUT2D eigenvalue weighted by Gasteiger charge is 2.46. The van der Waals surface area contributed by atoms with Crippen LogP contribution in [0, 0.1) is 45.7 Å². The molecular formula is C82H81FN18. The number of imidazole rings is 3. The molecule has 4 saturated heterocycles. The predicted octanol–water partition coefficient (Wildman–Crippen LogP) is 13.3. The van der Waals surface area contributed by atoms with Crippen LogP contribution < -0.4 is 20.0 Å². The van der Waals surface area contributed by atoms with Gasteiger partial charge >= 0.3 is 0 Å².